The fraction of sp³-hybridized carbons (Fsp3) is 0.0159. The summed E-state index contributed by atoms with van der Waals surface area (Å²) in [6, 6.07) is 88.5. The molecule has 0 atom stereocenters. The molecule has 2 aliphatic rings. The molecular formula is C63H40N2OS. The SMILES string of the molecule is c1ccc(N(c2ccccc2)c2c3ccccc3cc3c2oc2cc4ccccc4c(N(c4ccccc4)c4ccc5c(c4)Sc4ccccc4C54c5ccccc5-c5ccccc54)c23)cc1. The molecule has 2 heterocycles. The Morgan fingerprint density at radius 3 is 1.45 bits per heavy atom. The van der Waals surface area contributed by atoms with Crippen molar-refractivity contribution < 1.29 is 4.42 Å². The lowest BCUT2D eigenvalue weighted by molar-refractivity contribution is 0.670. The molecule has 0 N–H and O–H groups in total. The van der Waals surface area contributed by atoms with Gasteiger partial charge in [0.15, 0.2) is 5.58 Å². The average Bonchev–Trinajstić information content (AvgIpc) is 3.90. The Labute approximate surface area is 392 Å². The van der Waals surface area contributed by atoms with E-state index in [0.717, 1.165) is 77.6 Å². The third kappa shape index (κ3) is 5.54. The Kier molecular flexibility index (Phi) is 8.43. The Bertz CT molecular complexity index is 3830. The van der Waals surface area contributed by atoms with Gasteiger partial charge in [-0.05, 0) is 111 Å². The van der Waals surface area contributed by atoms with Crippen LogP contribution in [0.1, 0.15) is 22.3 Å². The predicted molar refractivity (Wildman–Crippen MR) is 280 cm³/mol. The monoisotopic (exact) mass is 872 g/mol. The van der Waals surface area contributed by atoms with E-state index in [1.54, 1.807) is 0 Å². The van der Waals surface area contributed by atoms with Crippen LogP contribution in [0.25, 0.3) is 54.6 Å². The highest BCUT2D eigenvalue weighted by Crippen LogP contribution is 2.63. The third-order valence-electron chi connectivity index (χ3n) is 14.0. The van der Waals surface area contributed by atoms with Gasteiger partial charge in [-0.15, -0.1) is 0 Å². The molecule has 0 amide bonds. The lowest BCUT2D eigenvalue weighted by Gasteiger charge is -2.40. The van der Waals surface area contributed by atoms with Crippen LogP contribution in [0.15, 0.2) is 257 Å². The highest BCUT2D eigenvalue weighted by molar-refractivity contribution is 7.99. The summed E-state index contributed by atoms with van der Waals surface area (Å²) in [5.74, 6) is 0. The average molecular weight is 873 g/mol. The molecule has 1 aliphatic carbocycles. The zero-order valence-electron chi connectivity index (χ0n) is 36.3. The molecule has 1 aliphatic heterocycles. The van der Waals surface area contributed by atoms with E-state index in [1.807, 2.05) is 11.8 Å². The fourth-order valence-corrected chi connectivity index (χ4v) is 12.6. The summed E-state index contributed by atoms with van der Waals surface area (Å²) >= 11 is 1.88. The van der Waals surface area contributed by atoms with Crippen molar-refractivity contribution in [3.05, 3.63) is 265 Å². The van der Waals surface area contributed by atoms with Crippen molar-refractivity contribution in [1.82, 2.24) is 0 Å². The summed E-state index contributed by atoms with van der Waals surface area (Å²) in [4.78, 5) is 7.35. The van der Waals surface area contributed by atoms with Gasteiger partial charge in [-0.3, -0.25) is 0 Å². The van der Waals surface area contributed by atoms with Gasteiger partial charge in [0.25, 0.3) is 0 Å². The molecule has 0 saturated heterocycles. The zero-order valence-corrected chi connectivity index (χ0v) is 37.1. The van der Waals surface area contributed by atoms with Crippen LogP contribution in [0.3, 0.4) is 0 Å². The van der Waals surface area contributed by atoms with Gasteiger partial charge in [-0.1, -0.05) is 188 Å². The van der Waals surface area contributed by atoms with Gasteiger partial charge in [-0.25, -0.2) is 0 Å². The number of nitrogens with zero attached hydrogens (tertiary/aromatic N) is 2. The minimum atomic E-state index is -0.464. The molecule has 0 unspecified atom stereocenters. The number of hydrogen-bond acceptors (Lipinski definition) is 4. The van der Waals surface area contributed by atoms with E-state index in [4.69, 9.17) is 4.42 Å². The maximum Gasteiger partial charge on any atom is 0.160 e. The Hall–Kier alpha value is -8.31. The van der Waals surface area contributed by atoms with Crippen molar-refractivity contribution in [3.8, 4) is 11.1 Å². The van der Waals surface area contributed by atoms with Gasteiger partial charge >= 0.3 is 0 Å². The Morgan fingerprint density at radius 1 is 0.343 bits per heavy atom. The molecule has 314 valence electrons. The molecule has 14 rings (SSSR count). The summed E-state index contributed by atoms with van der Waals surface area (Å²) in [5.41, 5.74) is 15.5. The maximum absolute atomic E-state index is 7.37. The summed E-state index contributed by atoms with van der Waals surface area (Å²) in [6.07, 6.45) is 0. The predicted octanol–water partition coefficient (Wildman–Crippen LogP) is 17.7. The smallest absolute Gasteiger partial charge is 0.160 e. The maximum atomic E-state index is 7.37. The van der Waals surface area contributed by atoms with Crippen molar-refractivity contribution in [2.45, 2.75) is 15.2 Å². The molecule has 12 aromatic rings. The van der Waals surface area contributed by atoms with E-state index < -0.39 is 5.41 Å². The zero-order chi connectivity index (χ0) is 44.1. The number of para-hydroxylation sites is 3. The summed E-state index contributed by atoms with van der Waals surface area (Å²) in [7, 11) is 0. The van der Waals surface area contributed by atoms with Crippen LogP contribution in [0.2, 0.25) is 0 Å². The van der Waals surface area contributed by atoms with Crippen LogP contribution in [0.4, 0.5) is 34.1 Å². The molecular weight excluding hydrogens is 833 g/mol. The van der Waals surface area contributed by atoms with Crippen LogP contribution < -0.4 is 9.80 Å². The minimum Gasteiger partial charge on any atom is -0.454 e. The van der Waals surface area contributed by atoms with Crippen LogP contribution in [-0.4, -0.2) is 0 Å². The largest absolute Gasteiger partial charge is 0.454 e. The first-order valence-corrected chi connectivity index (χ1v) is 23.7. The van der Waals surface area contributed by atoms with Gasteiger partial charge in [0.2, 0.25) is 0 Å². The highest BCUT2D eigenvalue weighted by atomic mass is 32.2. The molecule has 0 fully saturated rings. The van der Waals surface area contributed by atoms with Crippen molar-refractivity contribution in [2.24, 2.45) is 0 Å². The summed E-state index contributed by atoms with van der Waals surface area (Å²) in [6.45, 7) is 0. The van der Waals surface area contributed by atoms with Crippen LogP contribution in [0.5, 0.6) is 0 Å². The second kappa shape index (κ2) is 14.9. The van der Waals surface area contributed by atoms with E-state index in [1.165, 1.54) is 43.2 Å². The fourth-order valence-electron chi connectivity index (χ4n) is 11.3. The van der Waals surface area contributed by atoms with Crippen molar-refractivity contribution >= 4 is 89.4 Å². The highest BCUT2D eigenvalue weighted by Gasteiger charge is 2.50. The molecule has 4 heteroatoms. The van der Waals surface area contributed by atoms with E-state index in [2.05, 4.69) is 252 Å². The normalized spacial score (nSPS) is 13.1. The Balaban J connectivity index is 1.08. The standard InChI is InChI=1S/C63H40N2OS/c1-4-22-43(23-5-1)64(44-24-6-2-7-25-44)61-48-29-13-10-20-41(48)38-51-59-56(66-62(51)61)39-42-21-11-12-28-47(42)60(59)65(45-26-8-3-9-27-45)46-36-37-55-58(40-46)67-57-35-19-18-34-54(57)63(55)52-32-16-14-30-49(52)50-31-15-17-33-53(50)63/h1-40H. The van der Waals surface area contributed by atoms with Gasteiger partial charge in [-0.2, -0.15) is 0 Å². The summed E-state index contributed by atoms with van der Waals surface area (Å²) in [5, 5.41) is 6.63. The van der Waals surface area contributed by atoms with E-state index in [-0.39, 0.29) is 0 Å². The minimum absolute atomic E-state index is 0.464. The van der Waals surface area contributed by atoms with Gasteiger partial charge < -0.3 is 14.2 Å². The van der Waals surface area contributed by atoms with E-state index in [0.29, 0.717) is 0 Å². The first-order chi connectivity index (χ1) is 33.3. The second-order valence-corrected chi connectivity index (χ2v) is 18.6. The summed E-state index contributed by atoms with van der Waals surface area (Å²) < 4.78 is 7.37. The van der Waals surface area contributed by atoms with Crippen LogP contribution in [-0.2, 0) is 5.41 Å². The molecule has 67 heavy (non-hydrogen) atoms. The molecule has 3 nitrogen and oxygen atoms in total. The molecule has 0 bridgehead atoms. The van der Waals surface area contributed by atoms with Gasteiger partial charge in [0.05, 0.1) is 22.2 Å². The van der Waals surface area contributed by atoms with Crippen molar-refractivity contribution in [3.63, 3.8) is 0 Å². The number of rotatable bonds is 6. The number of anilines is 6. The van der Waals surface area contributed by atoms with Crippen molar-refractivity contribution in [1.29, 1.82) is 0 Å². The number of fused-ring (bicyclic) bond motifs is 14. The lowest BCUT2D eigenvalue weighted by Crippen LogP contribution is -2.32. The Morgan fingerprint density at radius 2 is 0.821 bits per heavy atom. The lowest BCUT2D eigenvalue weighted by atomic mass is 9.67. The van der Waals surface area contributed by atoms with E-state index >= 15 is 0 Å². The van der Waals surface area contributed by atoms with Gasteiger partial charge in [0, 0.05) is 48.7 Å². The molecule has 11 aromatic carbocycles. The molecule has 0 saturated carbocycles. The molecule has 0 radical (unpaired) electrons. The van der Waals surface area contributed by atoms with E-state index in [9.17, 15) is 0 Å². The van der Waals surface area contributed by atoms with Crippen LogP contribution in [0, 0.1) is 0 Å². The quantitative estimate of drug-likeness (QED) is 0.166. The third-order valence-corrected chi connectivity index (χ3v) is 15.2. The van der Waals surface area contributed by atoms with Gasteiger partial charge in [0.1, 0.15) is 5.58 Å². The number of furan rings is 1. The number of benzene rings is 11. The number of hydrogen-bond donors (Lipinski definition) is 0. The first-order valence-electron chi connectivity index (χ1n) is 22.9. The first kappa shape index (κ1) is 38.0. The van der Waals surface area contributed by atoms with Crippen LogP contribution >= 0.6 is 11.8 Å². The topological polar surface area (TPSA) is 19.6 Å². The van der Waals surface area contributed by atoms with Crippen molar-refractivity contribution in [2.75, 3.05) is 9.80 Å². The second-order valence-electron chi connectivity index (χ2n) is 17.5. The molecule has 1 spiro atoms. The molecule has 1 aromatic heterocycles.